The van der Waals surface area contributed by atoms with E-state index >= 15 is 0 Å². The summed E-state index contributed by atoms with van der Waals surface area (Å²) in [6.45, 7) is 0.0477. The van der Waals surface area contributed by atoms with Gasteiger partial charge in [-0.1, -0.05) is 54.1 Å². The highest BCUT2D eigenvalue weighted by Crippen LogP contribution is 2.45. The van der Waals surface area contributed by atoms with Crippen molar-refractivity contribution in [2.75, 3.05) is 0 Å². The fraction of sp³-hybridized carbons (Fsp3) is 0.190. The van der Waals surface area contributed by atoms with Gasteiger partial charge in [-0.2, -0.15) is 35.8 Å². The summed E-state index contributed by atoms with van der Waals surface area (Å²) in [4.78, 5) is 0. The number of halogens is 8. The Morgan fingerprint density at radius 2 is 1.53 bits per heavy atom. The average molecular weight is 479 g/mol. The fourth-order valence-corrected chi connectivity index (χ4v) is 2.83. The van der Waals surface area contributed by atoms with Crippen molar-refractivity contribution in [2.45, 2.75) is 24.8 Å². The first-order valence-electron chi connectivity index (χ1n) is 8.94. The number of rotatable bonds is 7. The van der Waals surface area contributed by atoms with Crippen molar-refractivity contribution in [3.63, 3.8) is 0 Å². The van der Waals surface area contributed by atoms with Crippen molar-refractivity contribution in [1.82, 2.24) is 5.43 Å². The zero-order chi connectivity index (χ0) is 23.6. The van der Waals surface area contributed by atoms with Crippen LogP contribution in [0.3, 0.4) is 0 Å². The molecule has 32 heavy (non-hydrogen) atoms. The number of hydrazone groups is 1. The minimum atomic E-state index is -6.47. The number of alkyl halides is 7. The van der Waals surface area contributed by atoms with Gasteiger partial charge in [0.15, 0.2) is 0 Å². The van der Waals surface area contributed by atoms with E-state index in [0.717, 1.165) is 5.56 Å². The highest BCUT2D eigenvalue weighted by Gasteiger charge is 2.73. The summed E-state index contributed by atoms with van der Waals surface area (Å²) in [5.74, 6) is -6.18. The van der Waals surface area contributed by atoms with Crippen LogP contribution in [0.5, 0.6) is 5.75 Å². The second-order valence-corrected chi connectivity index (χ2v) is 7.07. The molecule has 3 aromatic carbocycles. The van der Waals surface area contributed by atoms with Crippen LogP contribution < -0.4 is 10.2 Å². The molecule has 3 aromatic rings. The number of fused-ring (bicyclic) bond motifs is 1. The molecule has 0 saturated heterocycles. The van der Waals surface area contributed by atoms with Gasteiger partial charge in [-0.25, -0.2) is 5.43 Å². The third-order valence-corrected chi connectivity index (χ3v) is 4.64. The summed E-state index contributed by atoms with van der Waals surface area (Å²) < 4.78 is 95.6. The predicted molar refractivity (Wildman–Crippen MR) is 106 cm³/mol. The Balaban J connectivity index is 1.90. The maximum atomic E-state index is 13.5. The van der Waals surface area contributed by atoms with Gasteiger partial charge in [-0.15, -0.1) is 0 Å². The minimum Gasteiger partial charge on any atom is -0.488 e. The monoisotopic (exact) mass is 478 g/mol. The average Bonchev–Trinajstić information content (AvgIpc) is 2.73. The molecule has 0 heterocycles. The lowest BCUT2D eigenvalue weighted by Gasteiger charge is -2.27. The standard InChI is InChI=1S/C21H14ClF7N2O/c22-15-8-5-13(6-9-15)12-32-18-10-7-14-3-1-2-4-16(14)17(18)11-30-31-21(28,29)19(23,24)20(25,26)27/h1-11,31H,12H2/b30-11-. The Morgan fingerprint density at radius 1 is 0.875 bits per heavy atom. The van der Waals surface area contributed by atoms with Crippen LogP contribution >= 0.6 is 11.6 Å². The van der Waals surface area contributed by atoms with Crippen molar-refractivity contribution >= 4 is 28.6 Å². The highest BCUT2D eigenvalue weighted by molar-refractivity contribution is 6.30. The van der Waals surface area contributed by atoms with Gasteiger partial charge in [-0.05, 0) is 34.5 Å². The van der Waals surface area contributed by atoms with Crippen LogP contribution in [0.25, 0.3) is 10.8 Å². The van der Waals surface area contributed by atoms with Gasteiger partial charge in [0.1, 0.15) is 12.4 Å². The summed E-state index contributed by atoms with van der Waals surface area (Å²) in [5, 5.41) is 4.57. The molecule has 0 aliphatic carbocycles. The summed E-state index contributed by atoms with van der Waals surface area (Å²) in [6.07, 6.45) is -5.76. The van der Waals surface area contributed by atoms with Gasteiger partial charge in [0.2, 0.25) is 0 Å². The first-order chi connectivity index (χ1) is 14.9. The Hall–Kier alpha value is -3.01. The number of benzene rings is 3. The molecule has 0 aliphatic heterocycles. The molecule has 0 radical (unpaired) electrons. The Bertz CT molecular complexity index is 1120. The van der Waals surface area contributed by atoms with Gasteiger partial charge in [-0.3, -0.25) is 0 Å². The fourth-order valence-electron chi connectivity index (χ4n) is 2.70. The van der Waals surface area contributed by atoms with E-state index < -0.39 is 18.1 Å². The van der Waals surface area contributed by atoms with E-state index in [-0.39, 0.29) is 17.9 Å². The van der Waals surface area contributed by atoms with E-state index in [9.17, 15) is 30.7 Å². The van der Waals surface area contributed by atoms with Crippen LogP contribution in [0, 0.1) is 0 Å². The van der Waals surface area contributed by atoms with Crippen LogP contribution in [0.4, 0.5) is 30.7 Å². The molecule has 0 fully saturated rings. The SMILES string of the molecule is FC(F)(F)C(F)(F)C(F)(F)N/N=C\c1c(OCc2ccc(Cl)cc2)ccc2ccccc12. The largest absolute Gasteiger partial charge is 0.488 e. The van der Waals surface area contributed by atoms with E-state index in [4.69, 9.17) is 16.3 Å². The van der Waals surface area contributed by atoms with E-state index in [0.29, 0.717) is 27.4 Å². The lowest BCUT2D eigenvalue weighted by Crippen LogP contribution is -2.58. The first-order valence-corrected chi connectivity index (χ1v) is 9.32. The molecule has 11 heteroatoms. The van der Waals surface area contributed by atoms with Crippen LogP contribution in [-0.4, -0.2) is 24.4 Å². The number of nitrogens with zero attached hydrogens (tertiary/aromatic N) is 1. The summed E-state index contributed by atoms with van der Waals surface area (Å²) in [6, 6.07) is 10.8. The molecular weight excluding hydrogens is 465 g/mol. The number of nitrogens with one attached hydrogen (secondary N) is 1. The van der Waals surface area contributed by atoms with Crippen LogP contribution in [0.1, 0.15) is 11.1 Å². The molecule has 0 aromatic heterocycles. The molecule has 0 aliphatic rings. The zero-order valence-electron chi connectivity index (χ0n) is 15.9. The minimum absolute atomic E-state index is 0.0477. The van der Waals surface area contributed by atoms with E-state index in [1.54, 1.807) is 54.6 Å². The van der Waals surface area contributed by atoms with Crippen LogP contribution in [-0.2, 0) is 6.61 Å². The Morgan fingerprint density at radius 3 is 2.19 bits per heavy atom. The molecule has 3 rings (SSSR count). The van der Waals surface area contributed by atoms with Crippen LogP contribution in [0.2, 0.25) is 5.02 Å². The second-order valence-electron chi connectivity index (χ2n) is 6.63. The predicted octanol–water partition coefficient (Wildman–Crippen LogP) is 6.79. The quantitative estimate of drug-likeness (QED) is 0.176. The maximum Gasteiger partial charge on any atom is 0.462 e. The number of ether oxygens (including phenoxy) is 1. The molecule has 170 valence electrons. The van der Waals surface area contributed by atoms with Gasteiger partial charge < -0.3 is 4.74 Å². The van der Waals surface area contributed by atoms with Gasteiger partial charge in [0, 0.05) is 10.6 Å². The van der Waals surface area contributed by atoms with Gasteiger partial charge in [0.05, 0.1) is 6.21 Å². The van der Waals surface area contributed by atoms with E-state index in [1.807, 2.05) is 0 Å². The molecule has 0 atom stereocenters. The third kappa shape index (κ3) is 4.90. The van der Waals surface area contributed by atoms with E-state index in [1.165, 1.54) is 6.07 Å². The molecule has 0 bridgehead atoms. The van der Waals surface area contributed by atoms with Crippen molar-refractivity contribution < 1.29 is 35.5 Å². The summed E-state index contributed by atoms with van der Waals surface area (Å²) >= 11 is 5.82. The van der Waals surface area contributed by atoms with Crippen molar-refractivity contribution in [2.24, 2.45) is 5.10 Å². The molecule has 0 saturated carbocycles. The lowest BCUT2D eigenvalue weighted by atomic mass is 10.0. The molecule has 0 unspecified atom stereocenters. The Kier molecular flexibility index (Phi) is 6.54. The van der Waals surface area contributed by atoms with Crippen LogP contribution in [0.15, 0.2) is 65.8 Å². The van der Waals surface area contributed by atoms with Gasteiger partial charge >= 0.3 is 18.1 Å². The Labute approximate surface area is 182 Å². The smallest absolute Gasteiger partial charge is 0.462 e. The van der Waals surface area contributed by atoms with Gasteiger partial charge in [0.25, 0.3) is 0 Å². The summed E-state index contributed by atoms with van der Waals surface area (Å²) in [5.41, 5.74) is 1.45. The molecule has 3 nitrogen and oxygen atoms in total. The van der Waals surface area contributed by atoms with Crippen molar-refractivity contribution in [3.8, 4) is 5.75 Å². The van der Waals surface area contributed by atoms with E-state index in [2.05, 4.69) is 5.10 Å². The molecule has 1 N–H and O–H groups in total. The molecular formula is C21H14ClF7N2O. The number of hydrogen-bond donors (Lipinski definition) is 1. The first kappa shape index (κ1) is 23.6. The highest BCUT2D eigenvalue weighted by atomic mass is 35.5. The molecule has 0 spiro atoms. The maximum absolute atomic E-state index is 13.5. The lowest BCUT2D eigenvalue weighted by molar-refractivity contribution is -0.361. The normalized spacial score (nSPS) is 13.0. The second kappa shape index (κ2) is 8.85. The third-order valence-electron chi connectivity index (χ3n) is 4.39. The number of hydrogen-bond acceptors (Lipinski definition) is 3. The van der Waals surface area contributed by atoms with Crippen molar-refractivity contribution in [1.29, 1.82) is 0 Å². The summed E-state index contributed by atoms with van der Waals surface area (Å²) in [7, 11) is 0. The zero-order valence-corrected chi connectivity index (χ0v) is 16.7. The van der Waals surface area contributed by atoms with Crippen molar-refractivity contribution in [3.05, 3.63) is 76.8 Å². The topological polar surface area (TPSA) is 33.6 Å². The molecule has 0 amide bonds.